The number of aliphatic hydroxyl groups is 2. The molecule has 0 saturated carbocycles. The third-order valence-corrected chi connectivity index (χ3v) is 12.2. The SMILES string of the molecule is CCCCCCCCCCCCCCCCCCCC(=O)OC(CCCCCCCCCCC)CC(=O)NC(CO)C(O)CCCCCCCCCCCCCC. The van der Waals surface area contributed by atoms with E-state index in [0.29, 0.717) is 19.3 Å². The van der Waals surface area contributed by atoms with Crippen molar-refractivity contribution in [2.75, 3.05) is 6.61 Å². The van der Waals surface area contributed by atoms with Gasteiger partial charge in [-0.05, 0) is 25.7 Å². The van der Waals surface area contributed by atoms with Gasteiger partial charge in [0.1, 0.15) is 6.10 Å². The summed E-state index contributed by atoms with van der Waals surface area (Å²) in [6.45, 7) is 6.49. The van der Waals surface area contributed by atoms with Crippen LogP contribution in [0.1, 0.15) is 290 Å². The summed E-state index contributed by atoms with van der Waals surface area (Å²) in [5.74, 6) is -0.454. The molecule has 6 heteroatoms. The van der Waals surface area contributed by atoms with Crippen LogP contribution in [0.5, 0.6) is 0 Å². The van der Waals surface area contributed by atoms with Crippen LogP contribution in [-0.2, 0) is 14.3 Å². The van der Waals surface area contributed by atoms with Gasteiger partial charge < -0.3 is 20.3 Å². The minimum atomic E-state index is -0.778. The quantitative estimate of drug-likeness (QED) is 0.0420. The molecule has 0 aliphatic carbocycles. The number of nitrogens with one attached hydrogen (secondary N) is 1. The van der Waals surface area contributed by atoms with E-state index in [0.717, 1.165) is 38.5 Å². The number of esters is 1. The highest BCUT2D eigenvalue weighted by Crippen LogP contribution is 2.19. The molecule has 340 valence electrons. The third-order valence-electron chi connectivity index (χ3n) is 12.2. The summed E-state index contributed by atoms with van der Waals surface area (Å²) in [4.78, 5) is 26.0. The fraction of sp³-hybridized carbons (Fsp3) is 0.961. The van der Waals surface area contributed by atoms with Crippen LogP contribution in [0.25, 0.3) is 0 Å². The van der Waals surface area contributed by atoms with Crippen LogP contribution in [0.15, 0.2) is 0 Å². The Hall–Kier alpha value is -1.14. The van der Waals surface area contributed by atoms with E-state index in [1.54, 1.807) is 0 Å². The van der Waals surface area contributed by atoms with Gasteiger partial charge in [-0.15, -0.1) is 0 Å². The first-order valence-corrected chi connectivity index (χ1v) is 25.8. The molecule has 0 heterocycles. The first-order chi connectivity index (χ1) is 28.0. The smallest absolute Gasteiger partial charge is 0.306 e. The summed E-state index contributed by atoms with van der Waals surface area (Å²) in [5, 5.41) is 23.7. The van der Waals surface area contributed by atoms with Gasteiger partial charge in [-0.3, -0.25) is 9.59 Å². The molecule has 0 bridgehead atoms. The number of hydrogen-bond acceptors (Lipinski definition) is 5. The third kappa shape index (κ3) is 41.4. The number of aliphatic hydroxyl groups excluding tert-OH is 2. The lowest BCUT2D eigenvalue weighted by Gasteiger charge is -2.24. The van der Waals surface area contributed by atoms with Gasteiger partial charge in [-0.25, -0.2) is 0 Å². The van der Waals surface area contributed by atoms with Crippen molar-refractivity contribution in [1.29, 1.82) is 0 Å². The van der Waals surface area contributed by atoms with Crippen molar-refractivity contribution in [3.63, 3.8) is 0 Å². The number of ether oxygens (including phenoxy) is 1. The maximum atomic E-state index is 13.1. The van der Waals surface area contributed by atoms with Gasteiger partial charge in [-0.1, -0.05) is 252 Å². The van der Waals surface area contributed by atoms with Crippen molar-refractivity contribution < 1.29 is 24.5 Å². The molecule has 3 atom stereocenters. The fourth-order valence-electron chi connectivity index (χ4n) is 8.26. The van der Waals surface area contributed by atoms with Crippen molar-refractivity contribution in [2.24, 2.45) is 0 Å². The van der Waals surface area contributed by atoms with E-state index in [1.807, 2.05) is 0 Å². The Balaban J connectivity index is 4.39. The zero-order valence-electron chi connectivity index (χ0n) is 38.8. The van der Waals surface area contributed by atoms with Crippen LogP contribution in [0.4, 0.5) is 0 Å². The van der Waals surface area contributed by atoms with Crippen LogP contribution < -0.4 is 5.32 Å². The average Bonchev–Trinajstić information content (AvgIpc) is 3.20. The number of carbonyl (C=O) groups is 2. The highest BCUT2D eigenvalue weighted by Gasteiger charge is 2.24. The van der Waals surface area contributed by atoms with Gasteiger partial charge in [0, 0.05) is 6.42 Å². The molecule has 0 saturated heterocycles. The standard InChI is InChI=1S/C51H101NO5/c1-4-7-10-13-16-19-21-23-24-25-26-27-29-32-35-38-41-44-51(56)57-47(42-39-36-33-30-18-15-12-9-6-3)45-50(55)52-48(46-53)49(54)43-40-37-34-31-28-22-20-17-14-11-8-5-2/h47-49,53-54H,4-46H2,1-3H3,(H,52,55). The average molecular weight is 808 g/mol. The van der Waals surface area contributed by atoms with E-state index in [1.165, 1.54) is 205 Å². The first kappa shape index (κ1) is 55.9. The largest absolute Gasteiger partial charge is 0.462 e. The van der Waals surface area contributed by atoms with E-state index < -0.39 is 18.2 Å². The Morgan fingerprint density at radius 1 is 0.439 bits per heavy atom. The van der Waals surface area contributed by atoms with Gasteiger partial charge in [0.25, 0.3) is 0 Å². The molecular formula is C51H101NO5. The van der Waals surface area contributed by atoms with Crippen LogP contribution in [0.3, 0.4) is 0 Å². The molecule has 6 nitrogen and oxygen atoms in total. The molecule has 3 N–H and O–H groups in total. The Morgan fingerprint density at radius 2 is 0.737 bits per heavy atom. The van der Waals surface area contributed by atoms with Crippen molar-refractivity contribution in [1.82, 2.24) is 5.32 Å². The Morgan fingerprint density at radius 3 is 1.07 bits per heavy atom. The molecule has 57 heavy (non-hydrogen) atoms. The predicted molar refractivity (Wildman–Crippen MR) is 246 cm³/mol. The maximum absolute atomic E-state index is 13.1. The number of hydrogen-bond donors (Lipinski definition) is 3. The summed E-state index contributed by atoms with van der Waals surface area (Å²) >= 11 is 0. The first-order valence-electron chi connectivity index (χ1n) is 25.8. The molecule has 3 unspecified atom stereocenters. The topological polar surface area (TPSA) is 95.9 Å². The van der Waals surface area contributed by atoms with Gasteiger partial charge in [0.15, 0.2) is 0 Å². The number of amides is 1. The summed E-state index contributed by atoms with van der Waals surface area (Å²) in [7, 11) is 0. The zero-order valence-corrected chi connectivity index (χ0v) is 38.8. The monoisotopic (exact) mass is 808 g/mol. The highest BCUT2D eigenvalue weighted by molar-refractivity contribution is 5.77. The van der Waals surface area contributed by atoms with Crippen LogP contribution in [0.2, 0.25) is 0 Å². The molecule has 0 aliphatic heterocycles. The molecule has 1 amide bonds. The Kier molecular flexibility index (Phi) is 45.0. The normalized spacial score (nSPS) is 13.1. The van der Waals surface area contributed by atoms with Crippen LogP contribution in [0, 0.1) is 0 Å². The van der Waals surface area contributed by atoms with E-state index in [9.17, 15) is 19.8 Å². The van der Waals surface area contributed by atoms with Crippen LogP contribution >= 0.6 is 0 Å². The van der Waals surface area contributed by atoms with Gasteiger partial charge in [0.2, 0.25) is 5.91 Å². The second-order valence-electron chi connectivity index (χ2n) is 17.9. The van der Waals surface area contributed by atoms with Crippen molar-refractivity contribution in [2.45, 2.75) is 309 Å². The molecular weight excluding hydrogens is 707 g/mol. The molecule has 0 aromatic heterocycles. The molecule has 0 aromatic carbocycles. The Labute approximate surface area is 356 Å². The lowest BCUT2D eigenvalue weighted by atomic mass is 10.0. The minimum Gasteiger partial charge on any atom is -0.462 e. The van der Waals surface area contributed by atoms with Crippen LogP contribution in [-0.4, -0.2) is 46.9 Å². The van der Waals surface area contributed by atoms with E-state index in [-0.39, 0.29) is 24.9 Å². The van der Waals surface area contributed by atoms with Gasteiger partial charge in [0.05, 0.1) is 25.2 Å². The lowest BCUT2D eigenvalue weighted by molar-refractivity contribution is -0.151. The number of carbonyl (C=O) groups excluding carboxylic acids is 2. The molecule has 0 fully saturated rings. The molecule has 0 rings (SSSR count). The highest BCUT2D eigenvalue weighted by atomic mass is 16.5. The fourth-order valence-corrected chi connectivity index (χ4v) is 8.26. The number of rotatable bonds is 47. The summed E-state index contributed by atoms with van der Waals surface area (Å²) in [6.07, 6.45) is 48.8. The van der Waals surface area contributed by atoms with Gasteiger partial charge in [-0.2, -0.15) is 0 Å². The van der Waals surface area contributed by atoms with Gasteiger partial charge >= 0.3 is 5.97 Å². The molecule has 0 aliphatic rings. The number of unbranched alkanes of at least 4 members (excludes halogenated alkanes) is 35. The Bertz CT molecular complexity index is 821. The summed E-state index contributed by atoms with van der Waals surface area (Å²) in [5.41, 5.74) is 0. The lowest BCUT2D eigenvalue weighted by Crippen LogP contribution is -2.46. The maximum Gasteiger partial charge on any atom is 0.306 e. The molecule has 0 spiro atoms. The summed E-state index contributed by atoms with van der Waals surface area (Å²) < 4.78 is 5.92. The van der Waals surface area contributed by atoms with E-state index in [2.05, 4.69) is 26.1 Å². The van der Waals surface area contributed by atoms with Crippen molar-refractivity contribution in [3.05, 3.63) is 0 Å². The predicted octanol–water partition coefficient (Wildman–Crippen LogP) is 15.2. The van der Waals surface area contributed by atoms with E-state index >= 15 is 0 Å². The second kappa shape index (κ2) is 45.9. The molecule has 0 aromatic rings. The zero-order chi connectivity index (χ0) is 41.7. The van der Waals surface area contributed by atoms with Crippen molar-refractivity contribution in [3.8, 4) is 0 Å². The summed E-state index contributed by atoms with van der Waals surface area (Å²) in [6, 6.07) is -0.691. The minimum absolute atomic E-state index is 0.0869. The second-order valence-corrected chi connectivity index (χ2v) is 17.9. The molecule has 0 radical (unpaired) electrons. The van der Waals surface area contributed by atoms with Crippen molar-refractivity contribution >= 4 is 11.9 Å². The van der Waals surface area contributed by atoms with E-state index in [4.69, 9.17) is 4.74 Å².